The Balaban J connectivity index is 1.45. The highest BCUT2D eigenvalue weighted by atomic mass is 19.4. The van der Waals surface area contributed by atoms with E-state index in [1.54, 1.807) is 0 Å². The van der Waals surface area contributed by atoms with E-state index in [0.717, 1.165) is 31.5 Å². The Morgan fingerprint density at radius 2 is 1.62 bits per heavy atom. The number of hydrogen-bond acceptors (Lipinski definition) is 1. The van der Waals surface area contributed by atoms with Crippen LogP contribution in [0.3, 0.4) is 0 Å². The second-order valence-electron chi connectivity index (χ2n) is 7.40. The summed E-state index contributed by atoms with van der Waals surface area (Å²) in [7, 11) is 2.12. The average molecular weight is 361 g/mol. The van der Waals surface area contributed by atoms with Gasteiger partial charge in [-0.15, -0.1) is 0 Å². The maximum atomic E-state index is 12.9. The fourth-order valence-corrected chi connectivity index (χ4v) is 3.75. The summed E-state index contributed by atoms with van der Waals surface area (Å²) in [5.41, 5.74) is 3.34. The molecule has 140 valence electrons. The fourth-order valence-electron chi connectivity index (χ4n) is 3.75. The predicted molar refractivity (Wildman–Crippen MR) is 99.1 cm³/mol. The topological polar surface area (TPSA) is 3.24 Å². The number of nitrogens with zero attached hydrogens (tertiary/aromatic N) is 1. The Labute approximate surface area is 153 Å². The van der Waals surface area contributed by atoms with Crippen molar-refractivity contribution in [1.82, 2.24) is 4.90 Å². The van der Waals surface area contributed by atoms with Crippen LogP contribution >= 0.6 is 0 Å². The molecular weight excluding hydrogens is 335 g/mol. The van der Waals surface area contributed by atoms with E-state index in [4.69, 9.17) is 0 Å². The maximum Gasteiger partial charge on any atom is 0.392 e. The van der Waals surface area contributed by atoms with Gasteiger partial charge in [-0.1, -0.05) is 54.6 Å². The summed E-state index contributed by atoms with van der Waals surface area (Å²) in [6.45, 7) is 1.93. The molecule has 4 heteroatoms. The molecule has 0 heterocycles. The molecule has 3 rings (SSSR count). The summed E-state index contributed by atoms with van der Waals surface area (Å²) in [4.78, 5) is 2.30. The van der Waals surface area contributed by atoms with Gasteiger partial charge in [-0.2, -0.15) is 13.2 Å². The van der Waals surface area contributed by atoms with Gasteiger partial charge in [0.15, 0.2) is 0 Å². The standard InChI is InChI=1S/C22H26F3N/c1-26(16-18-6-3-2-4-7-18)15-5-8-17-9-11-19(12-10-17)20-13-14-21(20)22(23,24)25/h2-4,6-7,9-12,20-21H,5,8,13-16H2,1H3. The van der Waals surface area contributed by atoms with Crippen LogP contribution in [0.5, 0.6) is 0 Å². The SMILES string of the molecule is CN(CCCc1ccc(C2CCC2C(F)(F)F)cc1)Cc1ccccc1. The molecule has 1 aliphatic rings. The molecule has 0 bridgehead atoms. The van der Waals surface area contributed by atoms with Gasteiger partial charge < -0.3 is 4.90 Å². The number of aryl methyl sites for hydroxylation is 1. The van der Waals surface area contributed by atoms with Gasteiger partial charge in [0.05, 0.1) is 5.92 Å². The Bertz CT molecular complexity index is 679. The van der Waals surface area contributed by atoms with Crippen LogP contribution in [0.25, 0.3) is 0 Å². The van der Waals surface area contributed by atoms with Crippen molar-refractivity contribution in [2.75, 3.05) is 13.6 Å². The molecule has 2 aromatic carbocycles. The first-order chi connectivity index (χ1) is 12.4. The lowest BCUT2D eigenvalue weighted by molar-refractivity contribution is -0.200. The highest BCUT2D eigenvalue weighted by Crippen LogP contribution is 2.50. The van der Waals surface area contributed by atoms with Crippen molar-refractivity contribution < 1.29 is 13.2 Å². The van der Waals surface area contributed by atoms with Crippen molar-refractivity contribution in [2.45, 2.75) is 44.3 Å². The molecule has 2 aromatic rings. The molecule has 0 N–H and O–H groups in total. The first-order valence-corrected chi connectivity index (χ1v) is 9.31. The summed E-state index contributed by atoms with van der Waals surface area (Å²) in [5.74, 6) is -1.50. The minimum Gasteiger partial charge on any atom is -0.302 e. The second-order valence-corrected chi connectivity index (χ2v) is 7.40. The minimum atomic E-state index is -4.06. The summed E-state index contributed by atoms with van der Waals surface area (Å²) in [5, 5.41) is 0. The van der Waals surface area contributed by atoms with Gasteiger partial charge in [-0.3, -0.25) is 0 Å². The monoisotopic (exact) mass is 361 g/mol. The van der Waals surface area contributed by atoms with E-state index in [2.05, 4.69) is 36.2 Å². The zero-order chi connectivity index (χ0) is 18.6. The van der Waals surface area contributed by atoms with Crippen LogP contribution in [0, 0.1) is 5.92 Å². The van der Waals surface area contributed by atoms with Gasteiger partial charge in [-0.25, -0.2) is 0 Å². The predicted octanol–water partition coefficient (Wildman–Crippen LogP) is 5.81. The molecule has 2 unspecified atom stereocenters. The van der Waals surface area contributed by atoms with Crippen molar-refractivity contribution in [3.63, 3.8) is 0 Å². The van der Waals surface area contributed by atoms with Crippen LogP contribution in [-0.2, 0) is 13.0 Å². The molecule has 1 aliphatic carbocycles. The molecule has 0 saturated heterocycles. The van der Waals surface area contributed by atoms with Crippen LogP contribution in [0.1, 0.15) is 41.9 Å². The quantitative estimate of drug-likeness (QED) is 0.602. The summed E-state index contributed by atoms with van der Waals surface area (Å²) in [6.07, 6.45) is -1.16. The van der Waals surface area contributed by atoms with Gasteiger partial charge in [0.2, 0.25) is 0 Å². The van der Waals surface area contributed by atoms with E-state index >= 15 is 0 Å². The van der Waals surface area contributed by atoms with Crippen LogP contribution < -0.4 is 0 Å². The molecule has 2 atom stereocenters. The van der Waals surface area contributed by atoms with E-state index in [1.165, 1.54) is 11.1 Å². The lowest BCUT2D eigenvalue weighted by atomic mass is 9.69. The summed E-state index contributed by atoms with van der Waals surface area (Å²) < 4.78 is 38.7. The van der Waals surface area contributed by atoms with Gasteiger partial charge >= 0.3 is 6.18 Å². The van der Waals surface area contributed by atoms with Crippen LogP contribution in [0.4, 0.5) is 13.2 Å². The molecule has 0 spiro atoms. The zero-order valence-corrected chi connectivity index (χ0v) is 15.2. The maximum absolute atomic E-state index is 12.9. The average Bonchev–Trinajstić information content (AvgIpc) is 2.55. The van der Waals surface area contributed by atoms with Crippen molar-refractivity contribution in [2.24, 2.45) is 5.92 Å². The highest BCUT2D eigenvalue weighted by molar-refractivity contribution is 5.28. The number of rotatable bonds is 7. The first kappa shape index (κ1) is 19.0. The normalized spacial score (nSPS) is 20.2. The van der Waals surface area contributed by atoms with Gasteiger partial charge in [-0.05, 0) is 61.9 Å². The molecule has 0 aliphatic heterocycles. The van der Waals surface area contributed by atoms with Gasteiger partial charge in [0, 0.05) is 6.54 Å². The number of hydrogen-bond donors (Lipinski definition) is 0. The largest absolute Gasteiger partial charge is 0.392 e. The van der Waals surface area contributed by atoms with Gasteiger partial charge in [0.1, 0.15) is 0 Å². The fraction of sp³-hybridized carbons (Fsp3) is 0.455. The minimum absolute atomic E-state index is 0.268. The highest BCUT2D eigenvalue weighted by Gasteiger charge is 2.50. The zero-order valence-electron chi connectivity index (χ0n) is 15.2. The van der Waals surface area contributed by atoms with Gasteiger partial charge in [0.25, 0.3) is 0 Å². The van der Waals surface area contributed by atoms with E-state index < -0.39 is 12.1 Å². The van der Waals surface area contributed by atoms with Crippen molar-refractivity contribution in [3.05, 3.63) is 71.3 Å². The molecule has 1 fully saturated rings. The number of alkyl halides is 3. The third-order valence-corrected chi connectivity index (χ3v) is 5.40. The van der Waals surface area contributed by atoms with E-state index in [0.29, 0.717) is 6.42 Å². The Kier molecular flexibility index (Phi) is 6.02. The first-order valence-electron chi connectivity index (χ1n) is 9.31. The number of benzene rings is 2. The molecular formula is C22H26F3N. The Morgan fingerprint density at radius 1 is 0.923 bits per heavy atom. The molecule has 0 radical (unpaired) electrons. The molecule has 0 aromatic heterocycles. The Morgan fingerprint density at radius 3 is 2.19 bits per heavy atom. The number of halogens is 3. The smallest absolute Gasteiger partial charge is 0.302 e. The van der Waals surface area contributed by atoms with E-state index in [9.17, 15) is 13.2 Å². The van der Waals surface area contributed by atoms with Crippen LogP contribution in [0.2, 0.25) is 0 Å². The Hall–Kier alpha value is -1.81. The summed E-state index contributed by atoms with van der Waals surface area (Å²) in [6, 6.07) is 18.2. The van der Waals surface area contributed by atoms with E-state index in [1.807, 2.05) is 30.3 Å². The van der Waals surface area contributed by atoms with E-state index in [-0.39, 0.29) is 12.3 Å². The molecule has 1 nitrogen and oxygen atoms in total. The van der Waals surface area contributed by atoms with Crippen molar-refractivity contribution in [1.29, 1.82) is 0 Å². The molecule has 26 heavy (non-hydrogen) atoms. The molecule has 0 amide bonds. The molecule has 1 saturated carbocycles. The third kappa shape index (κ3) is 4.88. The second kappa shape index (κ2) is 8.26. The van der Waals surface area contributed by atoms with Crippen LogP contribution in [-0.4, -0.2) is 24.7 Å². The van der Waals surface area contributed by atoms with Crippen LogP contribution in [0.15, 0.2) is 54.6 Å². The lowest BCUT2D eigenvalue weighted by Gasteiger charge is -2.38. The van der Waals surface area contributed by atoms with Crippen molar-refractivity contribution in [3.8, 4) is 0 Å². The third-order valence-electron chi connectivity index (χ3n) is 5.40. The lowest BCUT2D eigenvalue weighted by Crippen LogP contribution is -2.36. The van der Waals surface area contributed by atoms with Crippen molar-refractivity contribution >= 4 is 0 Å². The summed E-state index contributed by atoms with van der Waals surface area (Å²) >= 11 is 0.